The number of carbonyl (C=O) groups excluding carboxylic acids is 2. The Kier molecular flexibility index (Phi) is 6.31. The highest BCUT2D eigenvalue weighted by atomic mass is 35.5. The number of methoxy groups -OCH3 is 2. The van der Waals surface area contributed by atoms with Crippen LogP contribution in [0, 0.1) is 0 Å². The minimum Gasteiger partial charge on any atom is -0.494 e. The molecular formula is C21H18ClN3O4. The SMILES string of the molecule is COc1cc(NC(=O)c2ccc(Cl)nc2)c(OC)cc1NC(=O)c1ccccc1. The highest BCUT2D eigenvalue weighted by Gasteiger charge is 2.17. The first kappa shape index (κ1) is 20.2. The number of anilines is 2. The number of pyridine rings is 1. The molecule has 0 saturated carbocycles. The van der Waals surface area contributed by atoms with Gasteiger partial charge in [-0.1, -0.05) is 29.8 Å². The van der Waals surface area contributed by atoms with Crippen LogP contribution in [0.5, 0.6) is 11.5 Å². The number of amides is 2. The Bertz CT molecular complexity index is 1020. The minimum absolute atomic E-state index is 0.291. The Morgan fingerprint density at radius 3 is 1.86 bits per heavy atom. The molecule has 2 aromatic carbocycles. The number of aromatic nitrogens is 1. The maximum atomic E-state index is 12.5. The normalized spacial score (nSPS) is 10.2. The molecule has 3 aromatic rings. The highest BCUT2D eigenvalue weighted by Crippen LogP contribution is 2.37. The summed E-state index contributed by atoms with van der Waals surface area (Å²) in [5, 5.41) is 5.83. The van der Waals surface area contributed by atoms with Crippen molar-refractivity contribution >= 4 is 34.8 Å². The summed E-state index contributed by atoms with van der Waals surface area (Å²) in [6, 6.07) is 15.0. The fourth-order valence-corrected chi connectivity index (χ4v) is 2.69. The van der Waals surface area contributed by atoms with E-state index in [1.54, 1.807) is 42.5 Å². The van der Waals surface area contributed by atoms with E-state index < -0.39 is 5.91 Å². The molecule has 0 aliphatic rings. The number of nitrogens with zero attached hydrogens (tertiary/aromatic N) is 1. The van der Waals surface area contributed by atoms with Crippen LogP contribution < -0.4 is 20.1 Å². The third kappa shape index (κ3) is 4.83. The first-order valence-corrected chi connectivity index (χ1v) is 8.95. The molecule has 3 rings (SSSR count). The summed E-state index contributed by atoms with van der Waals surface area (Å²) in [6.45, 7) is 0. The standard InChI is InChI=1S/C21H18ClN3O4/c1-28-17-11-16(25-21(27)14-8-9-19(22)23-12-14)18(29-2)10-15(17)24-20(26)13-6-4-3-5-7-13/h3-12H,1-2H3,(H,24,26)(H,25,27). The van der Waals surface area contributed by atoms with E-state index in [0.29, 0.717) is 39.2 Å². The van der Waals surface area contributed by atoms with Crippen molar-refractivity contribution in [1.29, 1.82) is 0 Å². The molecule has 0 fully saturated rings. The first-order valence-electron chi connectivity index (χ1n) is 8.57. The molecule has 2 N–H and O–H groups in total. The van der Waals surface area contributed by atoms with Gasteiger partial charge in [0, 0.05) is 23.9 Å². The molecule has 0 atom stereocenters. The average molecular weight is 412 g/mol. The molecule has 0 aliphatic carbocycles. The molecule has 2 amide bonds. The van der Waals surface area contributed by atoms with Gasteiger partial charge in [0.25, 0.3) is 11.8 Å². The van der Waals surface area contributed by atoms with Gasteiger partial charge in [0.05, 0.1) is 31.2 Å². The van der Waals surface area contributed by atoms with Crippen LogP contribution in [0.4, 0.5) is 11.4 Å². The van der Waals surface area contributed by atoms with E-state index in [2.05, 4.69) is 15.6 Å². The number of hydrogen-bond donors (Lipinski definition) is 2. The van der Waals surface area contributed by atoms with Crippen molar-refractivity contribution in [2.75, 3.05) is 24.9 Å². The molecule has 1 heterocycles. The Balaban J connectivity index is 1.86. The van der Waals surface area contributed by atoms with Gasteiger partial charge < -0.3 is 20.1 Å². The van der Waals surface area contributed by atoms with E-state index >= 15 is 0 Å². The van der Waals surface area contributed by atoms with E-state index in [-0.39, 0.29) is 5.91 Å². The van der Waals surface area contributed by atoms with E-state index in [0.717, 1.165) is 0 Å². The van der Waals surface area contributed by atoms with E-state index in [1.165, 1.54) is 26.5 Å². The van der Waals surface area contributed by atoms with Gasteiger partial charge in [0.15, 0.2) is 0 Å². The zero-order valence-electron chi connectivity index (χ0n) is 15.7. The van der Waals surface area contributed by atoms with Crippen molar-refractivity contribution in [3.63, 3.8) is 0 Å². The quantitative estimate of drug-likeness (QED) is 0.591. The number of halogens is 1. The van der Waals surface area contributed by atoms with Crippen LogP contribution in [-0.4, -0.2) is 31.0 Å². The maximum Gasteiger partial charge on any atom is 0.257 e. The van der Waals surface area contributed by atoms with Crippen molar-refractivity contribution in [3.05, 3.63) is 77.1 Å². The lowest BCUT2D eigenvalue weighted by Gasteiger charge is -2.16. The van der Waals surface area contributed by atoms with Gasteiger partial charge in [-0.25, -0.2) is 4.98 Å². The molecule has 0 radical (unpaired) electrons. The number of ether oxygens (including phenoxy) is 2. The summed E-state index contributed by atoms with van der Waals surface area (Å²) in [5.74, 6) is 0.0228. The number of carbonyl (C=O) groups is 2. The fourth-order valence-electron chi connectivity index (χ4n) is 2.58. The lowest BCUT2D eigenvalue weighted by Crippen LogP contribution is -2.15. The lowest BCUT2D eigenvalue weighted by molar-refractivity contribution is 0.101. The van der Waals surface area contributed by atoms with Gasteiger partial charge in [-0.2, -0.15) is 0 Å². The van der Waals surface area contributed by atoms with Gasteiger partial charge in [0.2, 0.25) is 0 Å². The summed E-state index contributed by atoms with van der Waals surface area (Å²) in [6.07, 6.45) is 1.37. The Labute approximate surface area is 172 Å². The van der Waals surface area contributed by atoms with E-state index in [1.807, 2.05) is 6.07 Å². The Hall–Kier alpha value is -3.58. The zero-order chi connectivity index (χ0) is 20.8. The maximum absolute atomic E-state index is 12.5. The predicted molar refractivity (Wildman–Crippen MR) is 111 cm³/mol. The van der Waals surface area contributed by atoms with Gasteiger partial charge in [-0.3, -0.25) is 9.59 Å². The smallest absolute Gasteiger partial charge is 0.257 e. The van der Waals surface area contributed by atoms with Crippen molar-refractivity contribution < 1.29 is 19.1 Å². The van der Waals surface area contributed by atoms with Crippen molar-refractivity contribution in [3.8, 4) is 11.5 Å². The van der Waals surface area contributed by atoms with Crippen molar-refractivity contribution in [2.45, 2.75) is 0 Å². The second-order valence-corrected chi connectivity index (χ2v) is 6.28. The Morgan fingerprint density at radius 2 is 1.38 bits per heavy atom. The molecule has 8 heteroatoms. The average Bonchev–Trinajstić information content (AvgIpc) is 2.75. The number of nitrogens with one attached hydrogen (secondary N) is 2. The molecule has 0 saturated heterocycles. The molecule has 0 unspecified atom stereocenters. The molecule has 148 valence electrons. The molecule has 0 bridgehead atoms. The van der Waals surface area contributed by atoms with Gasteiger partial charge >= 0.3 is 0 Å². The summed E-state index contributed by atoms with van der Waals surface area (Å²) in [5.41, 5.74) is 1.62. The molecular weight excluding hydrogens is 394 g/mol. The van der Waals surface area contributed by atoms with Crippen molar-refractivity contribution in [2.24, 2.45) is 0 Å². The number of benzene rings is 2. The summed E-state index contributed by atoms with van der Waals surface area (Å²) >= 11 is 5.75. The zero-order valence-corrected chi connectivity index (χ0v) is 16.5. The molecule has 0 spiro atoms. The molecule has 29 heavy (non-hydrogen) atoms. The summed E-state index contributed by atoms with van der Waals surface area (Å²) in [7, 11) is 2.93. The largest absolute Gasteiger partial charge is 0.494 e. The number of rotatable bonds is 6. The van der Waals surface area contributed by atoms with Crippen LogP contribution in [0.15, 0.2) is 60.8 Å². The monoisotopic (exact) mass is 411 g/mol. The van der Waals surface area contributed by atoms with Crippen LogP contribution in [0.3, 0.4) is 0 Å². The topological polar surface area (TPSA) is 89.6 Å². The van der Waals surface area contributed by atoms with Gasteiger partial charge in [-0.15, -0.1) is 0 Å². The van der Waals surface area contributed by atoms with E-state index in [4.69, 9.17) is 21.1 Å². The van der Waals surface area contributed by atoms with Gasteiger partial charge in [0.1, 0.15) is 16.7 Å². The van der Waals surface area contributed by atoms with Crippen molar-refractivity contribution in [1.82, 2.24) is 4.98 Å². The van der Waals surface area contributed by atoms with Crippen LogP contribution in [-0.2, 0) is 0 Å². The van der Waals surface area contributed by atoms with Crippen LogP contribution in [0.2, 0.25) is 5.15 Å². The lowest BCUT2D eigenvalue weighted by atomic mass is 10.2. The Morgan fingerprint density at radius 1 is 0.828 bits per heavy atom. The molecule has 7 nitrogen and oxygen atoms in total. The molecule has 0 aliphatic heterocycles. The van der Waals surface area contributed by atoms with Crippen LogP contribution in [0.1, 0.15) is 20.7 Å². The van der Waals surface area contributed by atoms with Crippen LogP contribution >= 0.6 is 11.6 Å². The summed E-state index contributed by atoms with van der Waals surface area (Å²) in [4.78, 5) is 28.8. The molecule has 1 aromatic heterocycles. The summed E-state index contributed by atoms with van der Waals surface area (Å²) < 4.78 is 10.7. The third-order valence-electron chi connectivity index (χ3n) is 4.04. The number of hydrogen-bond acceptors (Lipinski definition) is 5. The minimum atomic E-state index is -0.393. The van der Waals surface area contributed by atoms with Gasteiger partial charge in [-0.05, 0) is 24.3 Å². The first-order chi connectivity index (χ1) is 14.0. The van der Waals surface area contributed by atoms with Crippen LogP contribution in [0.25, 0.3) is 0 Å². The third-order valence-corrected chi connectivity index (χ3v) is 4.27. The second kappa shape index (κ2) is 9.07. The fraction of sp³-hybridized carbons (Fsp3) is 0.0952. The van der Waals surface area contributed by atoms with E-state index in [9.17, 15) is 9.59 Å². The predicted octanol–water partition coefficient (Wildman–Crippen LogP) is 4.26. The second-order valence-electron chi connectivity index (χ2n) is 5.90. The highest BCUT2D eigenvalue weighted by molar-refractivity contribution is 6.29.